The smallest absolute Gasteiger partial charge is 0.246 e. The zero-order chi connectivity index (χ0) is 26.3. The van der Waals surface area contributed by atoms with Gasteiger partial charge in [0.1, 0.15) is 29.2 Å². The first kappa shape index (κ1) is 24.3. The number of amides is 1. The van der Waals surface area contributed by atoms with Crippen LogP contribution in [0.4, 0.5) is 14.6 Å². The van der Waals surface area contributed by atoms with Crippen LogP contribution in [0.3, 0.4) is 0 Å². The number of carbonyl (C=O) groups excluding carboxylic acids is 1. The molecule has 0 unspecified atom stereocenters. The second kappa shape index (κ2) is 9.59. The highest BCUT2D eigenvalue weighted by molar-refractivity contribution is 5.91. The van der Waals surface area contributed by atoms with E-state index in [1.807, 2.05) is 6.92 Å². The number of aromatic nitrogens is 6. The number of hydrogen-bond donors (Lipinski definition) is 1. The topological polar surface area (TPSA) is 117 Å². The molecule has 190 valence electrons. The molecule has 2 atom stereocenters. The molecule has 1 amide bonds. The predicted molar refractivity (Wildman–Crippen MR) is 132 cm³/mol. The van der Waals surface area contributed by atoms with Gasteiger partial charge in [0.15, 0.2) is 11.5 Å². The molecule has 1 fully saturated rings. The Bertz CT molecular complexity index is 1600. The van der Waals surface area contributed by atoms with E-state index in [4.69, 9.17) is 10.5 Å². The SMILES string of the molecule is C=CC(=O)N1C[C@@H](n2nc(C#Cc3c(F)cc4c(ncn4CC)c3F)c3c(N)ncnc32)C[C@@H]1COC. The average Bonchev–Trinajstić information content (AvgIpc) is 3.59. The Balaban J connectivity index is 1.59. The molecule has 1 aromatic carbocycles. The lowest BCUT2D eigenvalue weighted by molar-refractivity contribution is -0.127. The minimum absolute atomic E-state index is 0.0351. The lowest BCUT2D eigenvalue weighted by atomic mass is 10.1. The van der Waals surface area contributed by atoms with Crippen molar-refractivity contribution in [3.63, 3.8) is 0 Å². The average molecular weight is 507 g/mol. The maximum atomic E-state index is 15.1. The van der Waals surface area contributed by atoms with Gasteiger partial charge in [0.05, 0.1) is 41.5 Å². The van der Waals surface area contributed by atoms with Gasteiger partial charge in [-0.15, -0.1) is 0 Å². The van der Waals surface area contributed by atoms with E-state index in [0.717, 1.165) is 0 Å². The number of likely N-dealkylation sites (tertiary alicyclic amines) is 1. The van der Waals surface area contributed by atoms with Gasteiger partial charge in [0.25, 0.3) is 0 Å². The summed E-state index contributed by atoms with van der Waals surface area (Å²) in [6.07, 6.45) is 4.56. The zero-order valence-corrected chi connectivity index (χ0v) is 20.3. The largest absolute Gasteiger partial charge is 0.383 e. The van der Waals surface area contributed by atoms with Crippen molar-refractivity contribution in [3.8, 4) is 11.8 Å². The third-order valence-corrected chi connectivity index (χ3v) is 6.53. The van der Waals surface area contributed by atoms with Gasteiger partial charge in [0.2, 0.25) is 5.91 Å². The summed E-state index contributed by atoms with van der Waals surface area (Å²) in [4.78, 5) is 26.5. The molecule has 2 N–H and O–H groups in total. The van der Waals surface area contributed by atoms with Crippen LogP contribution in [0.25, 0.3) is 22.1 Å². The molecule has 37 heavy (non-hydrogen) atoms. The summed E-state index contributed by atoms with van der Waals surface area (Å²) in [5.41, 5.74) is 6.67. The number of hydrogen-bond acceptors (Lipinski definition) is 7. The van der Waals surface area contributed by atoms with Crippen molar-refractivity contribution < 1.29 is 18.3 Å². The molecule has 4 aromatic rings. The quantitative estimate of drug-likeness (QED) is 0.326. The second-order valence-electron chi connectivity index (χ2n) is 8.64. The Morgan fingerprint density at radius 2 is 2.14 bits per heavy atom. The van der Waals surface area contributed by atoms with Crippen LogP contribution in [0.2, 0.25) is 0 Å². The predicted octanol–water partition coefficient (Wildman–Crippen LogP) is 2.43. The van der Waals surface area contributed by atoms with Gasteiger partial charge in [-0.25, -0.2) is 28.4 Å². The van der Waals surface area contributed by atoms with Crippen LogP contribution in [0.5, 0.6) is 0 Å². The van der Waals surface area contributed by atoms with Crippen molar-refractivity contribution in [3.05, 3.63) is 54.3 Å². The van der Waals surface area contributed by atoms with E-state index >= 15 is 4.39 Å². The number of fused-ring (bicyclic) bond motifs is 2. The van der Waals surface area contributed by atoms with Gasteiger partial charge in [-0.2, -0.15) is 5.10 Å². The van der Waals surface area contributed by atoms with Gasteiger partial charge < -0.3 is 19.9 Å². The Morgan fingerprint density at radius 3 is 2.86 bits per heavy atom. The molecule has 1 aliphatic rings. The van der Waals surface area contributed by atoms with E-state index in [9.17, 15) is 9.18 Å². The van der Waals surface area contributed by atoms with Crippen LogP contribution in [-0.4, -0.2) is 66.4 Å². The number of rotatable bonds is 5. The van der Waals surface area contributed by atoms with Crippen LogP contribution in [-0.2, 0) is 16.1 Å². The molecule has 1 aliphatic heterocycles. The number of aryl methyl sites for hydroxylation is 1. The minimum Gasteiger partial charge on any atom is -0.383 e. The molecular weight excluding hydrogens is 482 g/mol. The number of halogens is 2. The summed E-state index contributed by atoms with van der Waals surface area (Å²) >= 11 is 0. The molecule has 4 heterocycles. The third-order valence-electron chi connectivity index (χ3n) is 6.53. The first-order valence-electron chi connectivity index (χ1n) is 11.6. The highest BCUT2D eigenvalue weighted by Gasteiger charge is 2.37. The number of nitrogen functional groups attached to an aromatic ring is 1. The van der Waals surface area contributed by atoms with Crippen molar-refractivity contribution in [2.45, 2.75) is 32.0 Å². The van der Waals surface area contributed by atoms with E-state index < -0.39 is 17.2 Å². The molecule has 0 bridgehead atoms. The Hall–Kier alpha value is -4.37. The van der Waals surface area contributed by atoms with Crippen molar-refractivity contribution in [1.82, 2.24) is 34.2 Å². The van der Waals surface area contributed by atoms with Gasteiger partial charge in [-0.1, -0.05) is 12.5 Å². The molecule has 3 aromatic heterocycles. The number of anilines is 1. The van der Waals surface area contributed by atoms with Crippen LogP contribution in [0.1, 0.15) is 30.6 Å². The molecule has 0 spiro atoms. The van der Waals surface area contributed by atoms with Crippen LogP contribution >= 0.6 is 0 Å². The second-order valence-corrected chi connectivity index (χ2v) is 8.64. The van der Waals surface area contributed by atoms with Gasteiger partial charge in [0, 0.05) is 26.3 Å². The van der Waals surface area contributed by atoms with Crippen molar-refractivity contribution in [2.75, 3.05) is 26.0 Å². The highest BCUT2D eigenvalue weighted by Crippen LogP contribution is 2.32. The van der Waals surface area contributed by atoms with Crippen LogP contribution in [0.15, 0.2) is 31.4 Å². The molecule has 10 nitrogen and oxygen atoms in total. The number of carbonyl (C=O) groups is 1. The number of nitrogens with zero attached hydrogens (tertiary/aromatic N) is 7. The third kappa shape index (κ3) is 4.07. The van der Waals surface area contributed by atoms with Crippen molar-refractivity contribution >= 4 is 33.8 Å². The van der Waals surface area contributed by atoms with E-state index in [2.05, 4.69) is 38.5 Å². The summed E-state index contributed by atoms with van der Waals surface area (Å²) in [5.74, 6) is 3.58. The molecular formula is C25H24F2N8O2. The summed E-state index contributed by atoms with van der Waals surface area (Å²) in [6.45, 7) is 6.63. The molecule has 12 heteroatoms. The van der Waals surface area contributed by atoms with E-state index in [1.165, 1.54) is 24.8 Å². The number of ether oxygens (including phenoxy) is 1. The van der Waals surface area contributed by atoms with E-state index in [-0.39, 0.29) is 35.0 Å². The lowest BCUT2D eigenvalue weighted by Gasteiger charge is -2.22. The monoisotopic (exact) mass is 506 g/mol. The van der Waals surface area contributed by atoms with Crippen molar-refractivity contribution in [2.24, 2.45) is 0 Å². The zero-order valence-electron chi connectivity index (χ0n) is 20.3. The molecule has 5 rings (SSSR count). The summed E-state index contributed by atoms with van der Waals surface area (Å²) < 4.78 is 38.6. The lowest BCUT2D eigenvalue weighted by Crippen LogP contribution is -2.37. The van der Waals surface area contributed by atoms with E-state index in [0.29, 0.717) is 42.7 Å². The fourth-order valence-corrected chi connectivity index (χ4v) is 4.76. The van der Waals surface area contributed by atoms with E-state index in [1.54, 1.807) is 21.3 Å². The Morgan fingerprint density at radius 1 is 1.32 bits per heavy atom. The number of methoxy groups -OCH3 is 1. The molecule has 1 saturated heterocycles. The molecule has 0 aliphatic carbocycles. The Kier molecular flexibility index (Phi) is 6.31. The van der Waals surface area contributed by atoms with Gasteiger partial charge >= 0.3 is 0 Å². The first-order chi connectivity index (χ1) is 17.9. The fraction of sp³-hybridized carbons (Fsp3) is 0.320. The molecule has 0 saturated carbocycles. The number of nitrogens with two attached hydrogens (primary N) is 1. The normalized spacial score (nSPS) is 17.4. The van der Waals surface area contributed by atoms with Crippen LogP contribution < -0.4 is 5.73 Å². The number of benzene rings is 1. The van der Waals surface area contributed by atoms with Crippen LogP contribution in [0, 0.1) is 23.5 Å². The number of imidazole rings is 1. The fourth-order valence-electron chi connectivity index (χ4n) is 4.76. The van der Waals surface area contributed by atoms with Gasteiger partial charge in [-0.3, -0.25) is 4.79 Å². The Labute approximate surface area is 210 Å². The van der Waals surface area contributed by atoms with Crippen molar-refractivity contribution in [1.29, 1.82) is 0 Å². The molecule has 0 radical (unpaired) electrons. The summed E-state index contributed by atoms with van der Waals surface area (Å²) in [5, 5.41) is 4.96. The minimum atomic E-state index is -0.848. The maximum absolute atomic E-state index is 15.1. The van der Waals surface area contributed by atoms with Gasteiger partial charge in [-0.05, 0) is 25.3 Å². The highest BCUT2D eigenvalue weighted by atomic mass is 19.1. The standard InChI is InChI=1S/C25H24F2N8O2/c1-4-20(36)34-10-14(8-15(34)11-37-3)35-25-21(24(28)29-12-30-25)18(32-35)7-6-16-17(26)9-19-23(22(16)27)31-13-33(19)5-2/h4,9,12-15H,1,5,8,10-11H2,2-3H3,(H2,28,29,30)/t14-,15+/m0/s1. The summed E-state index contributed by atoms with van der Waals surface area (Å²) in [7, 11) is 1.57. The first-order valence-corrected chi connectivity index (χ1v) is 11.6. The maximum Gasteiger partial charge on any atom is 0.246 e. The summed E-state index contributed by atoms with van der Waals surface area (Å²) in [6, 6.07) is 0.762.